The standard InChI is InChI=1S/C23H31N3O4S/c1-3-26(4-2)31(28,29)22-11-8-19(9-12-22)10-13-23(27)24-20-6-5-7-21(18-20)25-14-16-30-17-15-25/h5-9,11-12,18H,3-4,10,13-17H2,1-2H3,(H,24,27). The van der Waals surface area contributed by atoms with Gasteiger partial charge < -0.3 is 15.0 Å². The summed E-state index contributed by atoms with van der Waals surface area (Å²) in [6.07, 6.45) is 0.866. The van der Waals surface area contributed by atoms with Crippen molar-refractivity contribution in [2.24, 2.45) is 0 Å². The largest absolute Gasteiger partial charge is 0.378 e. The lowest BCUT2D eigenvalue weighted by molar-refractivity contribution is -0.116. The van der Waals surface area contributed by atoms with Crippen molar-refractivity contribution in [3.63, 3.8) is 0 Å². The van der Waals surface area contributed by atoms with Crippen LogP contribution in [0.4, 0.5) is 11.4 Å². The molecule has 0 atom stereocenters. The average molecular weight is 446 g/mol. The Labute approximate surface area is 185 Å². The molecule has 168 valence electrons. The summed E-state index contributed by atoms with van der Waals surface area (Å²) in [5, 5.41) is 2.96. The van der Waals surface area contributed by atoms with Gasteiger partial charge in [0.1, 0.15) is 0 Å². The number of nitrogens with one attached hydrogen (secondary N) is 1. The third kappa shape index (κ3) is 6.06. The number of anilines is 2. The number of hydrogen-bond donors (Lipinski definition) is 1. The number of ether oxygens (including phenoxy) is 1. The van der Waals surface area contributed by atoms with Gasteiger partial charge in [-0.3, -0.25) is 4.79 Å². The summed E-state index contributed by atoms with van der Waals surface area (Å²) in [5.41, 5.74) is 2.77. The summed E-state index contributed by atoms with van der Waals surface area (Å²) in [6, 6.07) is 14.6. The molecule has 0 aliphatic carbocycles. The van der Waals surface area contributed by atoms with Crippen LogP contribution in [0.3, 0.4) is 0 Å². The van der Waals surface area contributed by atoms with Gasteiger partial charge in [0.05, 0.1) is 18.1 Å². The van der Waals surface area contributed by atoms with Crippen molar-refractivity contribution >= 4 is 27.3 Å². The van der Waals surface area contributed by atoms with E-state index in [2.05, 4.69) is 10.2 Å². The molecule has 1 amide bonds. The third-order valence-corrected chi connectivity index (χ3v) is 7.48. The zero-order valence-electron chi connectivity index (χ0n) is 18.2. The predicted octanol–water partition coefficient (Wildman–Crippen LogP) is 3.13. The van der Waals surface area contributed by atoms with Crippen LogP contribution >= 0.6 is 0 Å². The van der Waals surface area contributed by atoms with Gasteiger partial charge in [0.25, 0.3) is 0 Å². The second-order valence-electron chi connectivity index (χ2n) is 7.43. The van der Waals surface area contributed by atoms with Crippen LogP contribution in [0.5, 0.6) is 0 Å². The van der Waals surface area contributed by atoms with Crippen LogP contribution in [0.2, 0.25) is 0 Å². The third-order valence-electron chi connectivity index (χ3n) is 5.41. The minimum absolute atomic E-state index is 0.0704. The van der Waals surface area contributed by atoms with Crippen molar-refractivity contribution in [3.8, 4) is 0 Å². The Morgan fingerprint density at radius 3 is 2.39 bits per heavy atom. The van der Waals surface area contributed by atoms with E-state index in [-0.39, 0.29) is 10.8 Å². The minimum atomic E-state index is -3.46. The number of nitrogens with zero attached hydrogens (tertiary/aromatic N) is 2. The quantitative estimate of drug-likeness (QED) is 0.642. The number of benzene rings is 2. The highest BCUT2D eigenvalue weighted by Crippen LogP contribution is 2.21. The Morgan fingerprint density at radius 2 is 1.74 bits per heavy atom. The van der Waals surface area contributed by atoms with E-state index in [1.165, 1.54) is 4.31 Å². The lowest BCUT2D eigenvalue weighted by atomic mass is 10.1. The molecule has 31 heavy (non-hydrogen) atoms. The molecule has 1 aliphatic heterocycles. The van der Waals surface area contributed by atoms with Crippen molar-refractivity contribution in [2.45, 2.75) is 31.6 Å². The van der Waals surface area contributed by atoms with E-state index in [0.29, 0.717) is 39.1 Å². The number of rotatable bonds is 9. The van der Waals surface area contributed by atoms with Crippen molar-refractivity contribution in [2.75, 3.05) is 49.6 Å². The maximum Gasteiger partial charge on any atom is 0.243 e. The Balaban J connectivity index is 1.55. The molecule has 0 spiro atoms. The molecule has 1 N–H and O–H groups in total. The van der Waals surface area contributed by atoms with Crippen LogP contribution in [0.25, 0.3) is 0 Å². The average Bonchev–Trinajstić information content (AvgIpc) is 2.79. The fourth-order valence-corrected chi connectivity index (χ4v) is 5.08. The summed E-state index contributed by atoms with van der Waals surface area (Å²) < 4.78 is 32.0. The number of carbonyl (C=O) groups excluding carboxylic acids is 1. The molecule has 1 aliphatic rings. The number of carbonyl (C=O) groups is 1. The number of sulfonamides is 1. The zero-order chi connectivity index (χ0) is 22.3. The molecule has 2 aromatic carbocycles. The Bertz CT molecular complexity index is 967. The number of morpholine rings is 1. The molecule has 0 saturated carbocycles. The molecule has 0 bridgehead atoms. The van der Waals surface area contributed by atoms with E-state index in [1.54, 1.807) is 24.3 Å². The lowest BCUT2D eigenvalue weighted by Gasteiger charge is -2.29. The SMILES string of the molecule is CCN(CC)S(=O)(=O)c1ccc(CCC(=O)Nc2cccc(N3CCOCC3)c2)cc1. The predicted molar refractivity (Wildman–Crippen MR) is 123 cm³/mol. The molecule has 0 radical (unpaired) electrons. The van der Waals surface area contributed by atoms with Crippen molar-refractivity contribution in [1.82, 2.24) is 4.31 Å². The first-order chi connectivity index (χ1) is 14.9. The Morgan fingerprint density at radius 1 is 1.06 bits per heavy atom. The van der Waals surface area contributed by atoms with Crippen LogP contribution in [0.15, 0.2) is 53.4 Å². The molecule has 1 heterocycles. The fourth-order valence-electron chi connectivity index (χ4n) is 3.62. The topological polar surface area (TPSA) is 79.0 Å². The molecule has 2 aromatic rings. The first-order valence-corrected chi connectivity index (χ1v) is 12.2. The van der Waals surface area contributed by atoms with E-state index < -0.39 is 10.0 Å². The van der Waals surface area contributed by atoms with Crippen LogP contribution in [0.1, 0.15) is 25.8 Å². The zero-order valence-corrected chi connectivity index (χ0v) is 19.0. The molecule has 8 heteroatoms. The smallest absolute Gasteiger partial charge is 0.243 e. The first-order valence-electron chi connectivity index (χ1n) is 10.8. The van der Waals surface area contributed by atoms with Crippen molar-refractivity contribution < 1.29 is 17.9 Å². The van der Waals surface area contributed by atoms with Crippen molar-refractivity contribution in [1.29, 1.82) is 0 Å². The normalized spacial score (nSPS) is 14.6. The number of hydrogen-bond acceptors (Lipinski definition) is 5. The summed E-state index contributed by atoms with van der Waals surface area (Å²) in [6.45, 7) is 7.64. The molecular formula is C23H31N3O4S. The molecular weight excluding hydrogens is 414 g/mol. The molecule has 0 aromatic heterocycles. The van der Waals surface area contributed by atoms with E-state index in [4.69, 9.17) is 4.74 Å². The summed E-state index contributed by atoms with van der Waals surface area (Å²) in [5.74, 6) is -0.0704. The van der Waals surface area contributed by atoms with E-state index >= 15 is 0 Å². The minimum Gasteiger partial charge on any atom is -0.378 e. The van der Waals surface area contributed by atoms with Gasteiger partial charge >= 0.3 is 0 Å². The van der Waals surface area contributed by atoms with Gasteiger partial charge in [-0.1, -0.05) is 32.0 Å². The van der Waals surface area contributed by atoms with Crippen LogP contribution in [-0.4, -0.2) is 58.0 Å². The monoisotopic (exact) mass is 445 g/mol. The van der Waals surface area contributed by atoms with E-state index in [1.807, 2.05) is 38.1 Å². The van der Waals surface area contributed by atoms with Crippen LogP contribution < -0.4 is 10.2 Å². The molecule has 1 saturated heterocycles. The highest BCUT2D eigenvalue weighted by atomic mass is 32.2. The maximum atomic E-state index is 12.6. The van der Waals surface area contributed by atoms with Gasteiger partial charge in [-0.15, -0.1) is 0 Å². The van der Waals surface area contributed by atoms with Gasteiger partial charge in [0, 0.05) is 44.0 Å². The van der Waals surface area contributed by atoms with Crippen LogP contribution in [-0.2, 0) is 26.0 Å². The van der Waals surface area contributed by atoms with Gasteiger partial charge in [0.15, 0.2) is 0 Å². The molecule has 3 rings (SSSR count). The maximum absolute atomic E-state index is 12.6. The summed E-state index contributed by atoms with van der Waals surface area (Å²) in [7, 11) is -3.46. The van der Waals surface area contributed by atoms with Crippen LogP contribution in [0, 0.1) is 0 Å². The van der Waals surface area contributed by atoms with Gasteiger partial charge in [0.2, 0.25) is 15.9 Å². The second-order valence-corrected chi connectivity index (χ2v) is 9.37. The molecule has 0 unspecified atom stereocenters. The summed E-state index contributed by atoms with van der Waals surface area (Å²) in [4.78, 5) is 14.9. The Kier molecular flexibility index (Phi) is 8.06. The van der Waals surface area contributed by atoms with E-state index in [0.717, 1.165) is 30.0 Å². The van der Waals surface area contributed by atoms with Crippen molar-refractivity contribution in [3.05, 3.63) is 54.1 Å². The fraction of sp³-hybridized carbons (Fsp3) is 0.435. The molecule has 1 fully saturated rings. The number of amides is 1. The highest BCUT2D eigenvalue weighted by Gasteiger charge is 2.21. The summed E-state index contributed by atoms with van der Waals surface area (Å²) >= 11 is 0. The van der Waals surface area contributed by atoms with Gasteiger partial charge in [-0.2, -0.15) is 4.31 Å². The Hall–Kier alpha value is -2.42. The van der Waals surface area contributed by atoms with E-state index in [9.17, 15) is 13.2 Å². The van der Waals surface area contributed by atoms with Gasteiger partial charge in [-0.05, 0) is 42.3 Å². The number of aryl methyl sites for hydroxylation is 1. The molecule has 7 nitrogen and oxygen atoms in total. The lowest BCUT2D eigenvalue weighted by Crippen LogP contribution is -2.36. The first kappa shape index (κ1) is 23.2. The van der Waals surface area contributed by atoms with Gasteiger partial charge in [-0.25, -0.2) is 8.42 Å². The second kappa shape index (κ2) is 10.7. The highest BCUT2D eigenvalue weighted by molar-refractivity contribution is 7.89.